The van der Waals surface area contributed by atoms with Gasteiger partial charge < -0.3 is 9.88 Å². The van der Waals surface area contributed by atoms with Crippen LogP contribution in [0.25, 0.3) is 11.5 Å². The van der Waals surface area contributed by atoms with Crippen molar-refractivity contribution in [2.75, 3.05) is 6.54 Å². The van der Waals surface area contributed by atoms with Crippen molar-refractivity contribution in [2.24, 2.45) is 0 Å². The summed E-state index contributed by atoms with van der Waals surface area (Å²) in [4.78, 5) is 20.7. The van der Waals surface area contributed by atoms with Crippen LogP contribution < -0.4 is 5.32 Å². The van der Waals surface area contributed by atoms with E-state index in [9.17, 15) is 4.79 Å². The van der Waals surface area contributed by atoms with Gasteiger partial charge in [-0.25, -0.2) is 4.98 Å². The van der Waals surface area contributed by atoms with Crippen LogP contribution in [0.15, 0.2) is 61.1 Å². The van der Waals surface area contributed by atoms with Crippen LogP contribution in [0.4, 0.5) is 0 Å². The zero-order valence-electron chi connectivity index (χ0n) is 12.3. The lowest BCUT2D eigenvalue weighted by Crippen LogP contribution is -2.27. The van der Waals surface area contributed by atoms with Crippen LogP contribution in [0, 0.1) is 3.57 Å². The third kappa shape index (κ3) is 3.95. The molecule has 1 aromatic carbocycles. The van der Waals surface area contributed by atoms with Gasteiger partial charge in [0, 0.05) is 40.8 Å². The first-order valence-corrected chi connectivity index (χ1v) is 8.28. The molecule has 23 heavy (non-hydrogen) atoms. The van der Waals surface area contributed by atoms with Gasteiger partial charge in [0.2, 0.25) is 0 Å². The first-order chi connectivity index (χ1) is 11.2. The van der Waals surface area contributed by atoms with Gasteiger partial charge in [0.25, 0.3) is 5.91 Å². The quantitative estimate of drug-likeness (QED) is 0.649. The molecule has 0 aliphatic carbocycles. The van der Waals surface area contributed by atoms with Gasteiger partial charge in [0.05, 0.1) is 0 Å². The molecule has 6 heteroatoms. The summed E-state index contributed by atoms with van der Waals surface area (Å²) >= 11 is 2.22. The van der Waals surface area contributed by atoms with Crippen molar-refractivity contribution in [1.29, 1.82) is 0 Å². The van der Waals surface area contributed by atoms with Crippen LogP contribution in [-0.4, -0.2) is 27.0 Å². The minimum atomic E-state index is -0.0686. The van der Waals surface area contributed by atoms with E-state index in [0.29, 0.717) is 18.7 Å². The molecule has 2 aromatic heterocycles. The number of nitrogens with one attached hydrogen (secondary N) is 1. The lowest BCUT2D eigenvalue weighted by Gasteiger charge is -2.09. The van der Waals surface area contributed by atoms with Crippen LogP contribution in [-0.2, 0) is 6.54 Å². The summed E-state index contributed by atoms with van der Waals surface area (Å²) in [5.41, 5.74) is 1.49. The molecular weight excluding hydrogens is 403 g/mol. The minimum Gasteiger partial charge on any atom is -0.350 e. The molecule has 116 valence electrons. The number of benzene rings is 1. The Hall–Kier alpha value is -2.22. The number of imidazole rings is 1. The van der Waals surface area contributed by atoms with Crippen LogP contribution in [0.2, 0.25) is 0 Å². The Balaban J connectivity index is 1.60. The number of aromatic nitrogens is 3. The zero-order valence-corrected chi connectivity index (χ0v) is 14.5. The molecule has 0 aliphatic heterocycles. The highest BCUT2D eigenvalue weighted by molar-refractivity contribution is 14.1. The third-order valence-electron chi connectivity index (χ3n) is 3.35. The molecule has 0 spiro atoms. The molecule has 0 saturated heterocycles. The molecule has 0 atom stereocenters. The maximum atomic E-state index is 12.1. The number of nitrogens with zero attached hydrogens (tertiary/aromatic N) is 3. The predicted molar refractivity (Wildman–Crippen MR) is 97.0 cm³/mol. The van der Waals surface area contributed by atoms with Crippen LogP contribution in [0.5, 0.6) is 0 Å². The fourth-order valence-electron chi connectivity index (χ4n) is 2.21. The molecule has 3 aromatic rings. The summed E-state index contributed by atoms with van der Waals surface area (Å²) in [7, 11) is 0. The van der Waals surface area contributed by atoms with Crippen molar-refractivity contribution in [2.45, 2.75) is 6.54 Å². The molecule has 0 aliphatic rings. The summed E-state index contributed by atoms with van der Waals surface area (Å²) in [5.74, 6) is 0.731. The van der Waals surface area contributed by atoms with Gasteiger partial charge in [0.15, 0.2) is 5.82 Å². The molecule has 0 saturated carbocycles. The molecule has 1 N–H and O–H groups in total. The van der Waals surface area contributed by atoms with E-state index in [1.807, 2.05) is 53.2 Å². The number of carbonyl (C=O) groups excluding carboxylic acids is 1. The molecule has 0 bridgehead atoms. The summed E-state index contributed by atoms with van der Waals surface area (Å²) in [5, 5.41) is 2.92. The van der Waals surface area contributed by atoms with E-state index in [4.69, 9.17) is 0 Å². The first-order valence-electron chi connectivity index (χ1n) is 7.20. The van der Waals surface area contributed by atoms with Gasteiger partial charge in [-0.2, -0.15) is 0 Å². The Morgan fingerprint density at radius 1 is 1.09 bits per heavy atom. The fourth-order valence-corrected chi connectivity index (χ4v) is 2.57. The van der Waals surface area contributed by atoms with Crippen molar-refractivity contribution in [3.8, 4) is 11.5 Å². The lowest BCUT2D eigenvalue weighted by molar-refractivity contribution is 0.0952. The highest BCUT2D eigenvalue weighted by atomic mass is 127. The van der Waals surface area contributed by atoms with E-state index < -0.39 is 0 Å². The third-order valence-corrected chi connectivity index (χ3v) is 4.07. The summed E-state index contributed by atoms with van der Waals surface area (Å²) < 4.78 is 3.09. The molecule has 2 heterocycles. The van der Waals surface area contributed by atoms with Crippen LogP contribution in [0.3, 0.4) is 0 Å². The van der Waals surface area contributed by atoms with Gasteiger partial charge in [-0.3, -0.25) is 9.78 Å². The van der Waals surface area contributed by atoms with E-state index in [-0.39, 0.29) is 5.91 Å². The lowest BCUT2D eigenvalue weighted by atomic mass is 10.2. The Morgan fingerprint density at radius 3 is 2.65 bits per heavy atom. The average molecular weight is 418 g/mol. The second-order valence-corrected chi connectivity index (χ2v) is 6.17. The maximum Gasteiger partial charge on any atom is 0.251 e. The molecule has 0 unspecified atom stereocenters. The number of halogens is 1. The second kappa shape index (κ2) is 7.36. The molecule has 1 amide bonds. The van der Waals surface area contributed by atoms with Crippen molar-refractivity contribution >= 4 is 28.5 Å². The van der Waals surface area contributed by atoms with Crippen molar-refractivity contribution in [3.63, 3.8) is 0 Å². The monoisotopic (exact) mass is 418 g/mol. The normalized spacial score (nSPS) is 10.5. The van der Waals surface area contributed by atoms with Crippen LogP contribution in [0.1, 0.15) is 10.4 Å². The van der Waals surface area contributed by atoms with E-state index >= 15 is 0 Å². The average Bonchev–Trinajstić information content (AvgIpc) is 3.05. The van der Waals surface area contributed by atoms with Crippen LogP contribution >= 0.6 is 22.6 Å². The first kappa shape index (κ1) is 15.7. The molecule has 3 rings (SSSR count). The standard InChI is InChI=1S/C17H15IN4O/c18-14-6-4-13(5-7-14)17(23)21-10-12-22-11-9-20-16(22)15-3-1-2-8-19-15/h1-9,11H,10,12H2,(H,21,23). The van der Waals surface area contributed by atoms with E-state index in [1.54, 1.807) is 12.4 Å². The van der Waals surface area contributed by atoms with Gasteiger partial charge in [-0.15, -0.1) is 0 Å². The largest absolute Gasteiger partial charge is 0.350 e. The molecular formula is C17H15IN4O. The number of amides is 1. The van der Waals surface area contributed by atoms with E-state index in [1.165, 1.54) is 0 Å². The van der Waals surface area contributed by atoms with Crippen molar-refractivity contribution < 1.29 is 4.79 Å². The maximum absolute atomic E-state index is 12.1. The topological polar surface area (TPSA) is 59.8 Å². The fraction of sp³-hybridized carbons (Fsp3) is 0.118. The number of rotatable bonds is 5. The van der Waals surface area contributed by atoms with Gasteiger partial charge in [0.1, 0.15) is 5.69 Å². The summed E-state index contributed by atoms with van der Waals surface area (Å²) in [6, 6.07) is 13.2. The zero-order chi connectivity index (χ0) is 16.1. The number of hydrogen-bond donors (Lipinski definition) is 1. The Bertz CT molecular complexity index is 784. The highest BCUT2D eigenvalue weighted by Gasteiger charge is 2.08. The Kier molecular flexibility index (Phi) is 5.02. The number of pyridine rings is 1. The SMILES string of the molecule is O=C(NCCn1ccnc1-c1ccccn1)c1ccc(I)cc1. The summed E-state index contributed by atoms with van der Waals surface area (Å²) in [6.45, 7) is 1.17. The minimum absolute atomic E-state index is 0.0686. The van der Waals surface area contributed by atoms with Gasteiger partial charge >= 0.3 is 0 Å². The van der Waals surface area contributed by atoms with Crippen molar-refractivity contribution in [3.05, 3.63) is 70.2 Å². The van der Waals surface area contributed by atoms with Gasteiger partial charge in [-0.05, 0) is 59.0 Å². The van der Waals surface area contributed by atoms with E-state index in [2.05, 4.69) is 37.9 Å². The second-order valence-electron chi connectivity index (χ2n) is 4.92. The Labute approximate surface area is 147 Å². The number of hydrogen-bond acceptors (Lipinski definition) is 3. The van der Waals surface area contributed by atoms with Gasteiger partial charge in [-0.1, -0.05) is 6.07 Å². The molecule has 0 fully saturated rings. The predicted octanol–water partition coefficient (Wildman–Crippen LogP) is 2.98. The smallest absolute Gasteiger partial charge is 0.251 e. The van der Waals surface area contributed by atoms with E-state index in [0.717, 1.165) is 15.1 Å². The molecule has 0 radical (unpaired) electrons. The molecule has 5 nitrogen and oxygen atoms in total. The van der Waals surface area contributed by atoms with Crippen molar-refractivity contribution in [1.82, 2.24) is 19.9 Å². The highest BCUT2D eigenvalue weighted by Crippen LogP contribution is 2.13. The summed E-state index contributed by atoms with van der Waals surface area (Å²) in [6.07, 6.45) is 5.37. The number of carbonyl (C=O) groups is 1. The Morgan fingerprint density at radius 2 is 1.91 bits per heavy atom.